The number of carbonyl (C=O) groups excluding carboxylic acids is 1. The fraction of sp³-hybridized carbons (Fsp3) is 0.333. The second kappa shape index (κ2) is 12.7. The Morgan fingerprint density at radius 1 is 1.14 bits per heavy atom. The van der Waals surface area contributed by atoms with Crippen molar-refractivity contribution in [2.75, 3.05) is 25.6 Å². The lowest BCUT2D eigenvalue weighted by molar-refractivity contribution is -0.112. The minimum absolute atomic E-state index is 0.0648. The molecule has 9 heteroatoms. The van der Waals surface area contributed by atoms with Crippen LogP contribution < -0.4 is 19.5 Å². The van der Waals surface area contributed by atoms with E-state index in [1.165, 1.54) is 30.1 Å². The largest absolute Gasteiger partial charge is 0.493 e. The molecule has 0 saturated carbocycles. The van der Waals surface area contributed by atoms with Crippen molar-refractivity contribution < 1.29 is 19.0 Å². The van der Waals surface area contributed by atoms with E-state index in [9.17, 15) is 10.1 Å². The highest BCUT2D eigenvalue weighted by molar-refractivity contribution is 7.15. The Kier molecular flexibility index (Phi) is 9.42. The standard InChI is InChI=1S/C27H30N4O4S/c1-6-19-11-18(4)12-22(14-19)34-9-10-35-23-8-7-20(15-24(23)33-5)13-21(16-28)25(32)29-27-31-30-26(36-27)17(2)3/h7-8,11-15,17H,6,9-10H2,1-5H3,(H,29,31,32). The molecule has 2 aromatic carbocycles. The SMILES string of the molecule is CCc1cc(C)cc(OCCOc2ccc(C=C(C#N)C(=O)Nc3nnc(C(C)C)s3)cc2OC)c1. The predicted octanol–water partition coefficient (Wildman–Crippen LogP) is 5.54. The molecular formula is C27H30N4O4S. The lowest BCUT2D eigenvalue weighted by atomic mass is 10.1. The second-order valence-electron chi connectivity index (χ2n) is 8.34. The van der Waals surface area contributed by atoms with Gasteiger partial charge in [0.1, 0.15) is 35.6 Å². The average Bonchev–Trinajstić information content (AvgIpc) is 3.34. The molecule has 3 aromatic rings. The maximum absolute atomic E-state index is 12.6. The van der Waals surface area contributed by atoms with Crippen LogP contribution in [0.3, 0.4) is 0 Å². The van der Waals surface area contributed by atoms with Crippen LogP contribution in [0.4, 0.5) is 5.13 Å². The van der Waals surface area contributed by atoms with Crippen molar-refractivity contribution >= 4 is 28.5 Å². The van der Waals surface area contributed by atoms with Gasteiger partial charge in [0.25, 0.3) is 5.91 Å². The van der Waals surface area contributed by atoms with Crippen LogP contribution in [0.1, 0.15) is 48.4 Å². The van der Waals surface area contributed by atoms with Gasteiger partial charge in [0.2, 0.25) is 5.13 Å². The number of ether oxygens (including phenoxy) is 3. The first-order valence-corrected chi connectivity index (χ1v) is 12.4. The predicted molar refractivity (Wildman–Crippen MR) is 141 cm³/mol. The molecule has 1 N–H and O–H groups in total. The Balaban J connectivity index is 1.62. The first kappa shape index (κ1) is 26.7. The van der Waals surface area contributed by atoms with E-state index in [0.29, 0.717) is 35.4 Å². The van der Waals surface area contributed by atoms with Gasteiger partial charge in [-0.05, 0) is 60.4 Å². The Morgan fingerprint density at radius 3 is 2.58 bits per heavy atom. The molecule has 1 amide bonds. The number of aryl methyl sites for hydroxylation is 2. The van der Waals surface area contributed by atoms with Crippen molar-refractivity contribution in [1.82, 2.24) is 10.2 Å². The molecule has 1 aromatic heterocycles. The van der Waals surface area contributed by atoms with E-state index in [-0.39, 0.29) is 11.5 Å². The van der Waals surface area contributed by atoms with Gasteiger partial charge in [0.05, 0.1) is 7.11 Å². The maximum Gasteiger partial charge on any atom is 0.268 e. The molecule has 0 atom stereocenters. The van der Waals surface area contributed by atoms with E-state index in [1.54, 1.807) is 18.2 Å². The lowest BCUT2D eigenvalue weighted by Crippen LogP contribution is -2.13. The van der Waals surface area contributed by atoms with Gasteiger partial charge in [-0.2, -0.15) is 5.26 Å². The number of methoxy groups -OCH3 is 1. The summed E-state index contributed by atoms with van der Waals surface area (Å²) in [6.45, 7) is 8.84. The molecule has 1 heterocycles. The van der Waals surface area contributed by atoms with Crippen LogP contribution in [-0.2, 0) is 11.2 Å². The zero-order valence-corrected chi connectivity index (χ0v) is 21.9. The van der Waals surface area contributed by atoms with Crippen molar-refractivity contribution in [3.05, 3.63) is 63.7 Å². The number of nitrogens with one attached hydrogen (secondary N) is 1. The number of benzene rings is 2. The summed E-state index contributed by atoms with van der Waals surface area (Å²) < 4.78 is 17.1. The summed E-state index contributed by atoms with van der Waals surface area (Å²) in [4.78, 5) is 12.6. The van der Waals surface area contributed by atoms with E-state index in [0.717, 1.165) is 22.7 Å². The highest BCUT2D eigenvalue weighted by Gasteiger charge is 2.15. The zero-order chi connectivity index (χ0) is 26.1. The van der Waals surface area contributed by atoms with Crippen molar-refractivity contribution in [1.29, 1.82) is 5.26 Å². The van der Waals surface area contributed by atoms with Gasteiger partial charge in [-0.25, -0.2) is 0 Å². The van der Waals surface area contributed by atoms with Gasteiger partial charge in [-0.3, -0.25) is 10.1 Å². The zero-order valence-electron chi connectivity index (χ0n) is 21.1. The molecule has 8 nitrogen and oxygen atoms in total. The van der Waals surface area contributed by atoms with Crippen molar-refractivity contribution in [2.45, 2.75) is 40.0 Å². The maximum atomic E-state index is 12.6. The topological polar surface area (TPSA) is 106 Å². The third kappa shape index (κ3) is 7.30. The van der Waals surface area contributed by atoms with Crippen LogP contribution in [0.25, 0.3) is 6.08 Å². The van der Waals surface area contributed by atoms with E-state index in [1.807, 2.05) is 39.0 Å². The number of carbonyl (C=O) groups is 1. The summed E-state index contributed by atoms with van der Waals surface area (Å²) in [6.07, 6.45) is 2.43. The smallest absolute Gasteiger partial charge is 0.268 e. The van der Waals surface area contributed by atoms with Gasteiger partial charge < -0.3 is 14.2 Å². The highest BCUT2D eigenvalue weighted by Crippen LogP contribution is 2.29. The minimum atomic E-state index is -0.553. The summed E-state index contributed by atoms with van der Waals surface area (Å²) in [5, 5.41) is 21.3. The van der Waals surface area contributed by atoms with E-state index in [4.69, 9.17) is 14.2 Å². The fourth-order valence-electron chi connectivity index (χ4n) is 3.31. The molecule has 3 rings (SSSR count). The van der Waals surface area contributed by atoms with Crippen LogP contribution in [0.2, 0.25) is 0 Å². The number of hydrogen-bond donors (Lipinski definition) is 1. The number of nitriles is 1. The average molecular weight is 507 g/mol. The van der Waals surface area contributed by atoms with Crippen molar-refractivity contribution in [3.63, 3.8) is 0 Å². The summed E-state index contributed by atoms with van der Waals surface area (Å²) in [5.41, 5.74) is 2.94. The molecule has 0 fully saturated rings. The number of hydrogen-bond acceptors (Lipinski definition) is 8. The first-order chi connectivity index (χ1) is 17.3. The van der Waals surface area contributed by atoms with Gasteiger partial charge in [0.15, 0.2) is 11.5 Å². The first-order valence-electron chi connectivity index (χ1n) is 11.6. The highest BCUT2D eigenvalue weighted by atomic mass is 32.1. The van der Waals surface area contributed by atoms with Crippen LogP contribution >= 0.6 is 11.3 Å². The molecule has 0 spiro atoms. The summed E-state index contributed by atoms with van der Waals surface area (Å²) >= 11 is 1.28. The lowest BCUT2D eigenvalue weighted by Gasteiger charge is -2.13. The Bertz CT molecular complexity index is 1280. The summed E-state index contributed by atoms with van der Waals surface area (Å²) in [5.74, 6) is 1.49. The third-order valence-corrected chi connectivity index (χ3v) is 6.29. The molecule has 36 heavy (non-hydrogen) atoms. The van der Waals surface area contributed by atoms with E-state index < -0.39 is 5.91 Å². The number of aromatic nitrogens is 2. The van der Waals surface area contributed by atoms with Crippen molar-refractivity contribution in [3.8, 4) is 23.3 Å². The molecule has 0 unspecified atom stereocenters. The Morgan fingerprint density at radius 2 is 1.92 bits per heavy atom. The molecule has 188 valence electrons. The quantitative estimate of drug-likeness (QED) is 0.207. The molecule has 0 saturated heterocycles. The Labute approximate surface area is 215 Å². The normalized spacial score (nSPS) is 11.2. The number of amides is 1. The van der Waals surface area contributed by atoms with Crippen LogP contribution in [0, 0.1) is 18.3 Å². The molecule has 0 radical (unpaired) electrons. The van der Waals surface area contributed by atoms with Gasteiger partial charge in [-0.15, -0.1) is 10.2 Å². The second-order valence-corrected chi connectivity index (χ2v) is 9.35. The summed E-state index contributed by atoms with van der Waals surface area (Å²) in [7, 11) is 1.53. The van der Waals surface area contributed by atoms with Crippen LogP contribution in [0.5, 0.6) is 17.2 Å². The number of rotatable bonds is 11. The van der Waals surface area contributed by atoms with E-state index in [2.05, 4.69) is 28.5 Å². The van der Waals surface area contributed by atoms with Gasteiger partial charge >= 0.3 is 0 Å². The molecule has 0 aliphatic carbocycles. The summed E-state index contributed by atoms with van der Waals surface area (Å²) in [6, 6.07) is 13.3. The molecule has 0 bridgehead atoms. The Hall–Kier alpha value is -3.90. The van der Waals surface area contributed by atoms with Crippen LogP contribution in [-0.4, -0.2) is 36.4 Å². The number of nitrogens with zero attached hydrogens (tertiary/aromatic N) is 3. The molecule has 0 aliphatic heterocycles. The molecular weight excluding hydrogens is 476 g/mol. The van der Waals surface area contributed by atoms with Crippen LogP contribution in [0.15, 0.2) is 42.0 Å². The van der Waals surface area contributed by atoms with E-state index >= 15 is 0 Å². The van der Waals surface area contributed by atoms with Gasteiger partial charge in [-0.1, -0.05) is 44.2 Å². The third-order valence-electron chi connectivity index (χ3n) is 5.15. The monoisotopic (exact) mass is 506 g/mol. The minimum Gasteiger partial charge on any atom is -0.493 e. The van der Waals surface area contributed by atoms with Crippen molar-refractivity contribution in [2.24, 2.45) is 0 Å². The number of anilines is 1. The molecule has 0 aliphatic rings. The van der Waals surface area contributed by atoms with Gasteiger partial charge in [0, 0.05) is 5.92 Å². The fourth-order valence-corrected chi connectivity index (χ4v) is 4.06.